The molecule has 0 saturated carbocycles. The summed E-state index contributed by atoms with van der Waals surface area (Å²) in [5.41, 5.74) is 1.68. The minimum atomic E-state index is -1.18. The molecule has 1 nitrogen and oxygen atoms in total. The molecule has 0 aliphatic carbocycles. The largest absolute Gasteiger partial charge is 0.346 e. The van der Waals surface area contributed by atoms with E-state index < -0.39 is 16.5 Å². The van der Waals surface area contributed by atoms with Gasteiger partial charge in [-0.3, -0.25) is 0 Å². The van der Waals surface area contributed by atoms with E-state index in [1.165, 1.54) is 38.6 Å². The van der Waals surface area contributed by atoms with Gasteiger partial charge in [0.2, 0.25) is 0 Å². The van der Waals surface area contributed by atoms with Gasteiger partial charge in [-0.2, -0.15) is 0 Å². The van der Waals surface area contributed by atoms with Gasteiger partial charge in [0.25, 0.3) is 0 Å². The lowest BCUT2D eigenvalue weighted by atomic mass is 10.0. The van der Waals surface area contributed by atoms with Crippen molar-refractivity contribution in [1.82, 2.24) is 4.23 Å². The third kappa shape index (κ3) is 9.80. The second kappa shape index (κ2) is 10.6. The van der Waals surface area contributed by atoms with E-state index in [9.17, 15) is 0 Å². The van der Waals surface area contributed by atoms with Crippen LogP contribution in [0.5, 0.6) is 0 Å². The molecule has 0 unspecified atom stereocenters. The van der Waals surface area contributed by atoms with Crippen molar-refractivity contribution < 1.29 is 0 Å². The maximum atomic E-state index is 2.92. The van der Waals surface area contributed by atoms with Crippen molar-refractivity contribution in [2.75, 3.05) is 6.54 Å². The SMILES string of the molecule is CC/C=C\CC/C(=C\CC)CCCN([Si](C)(C)C)[Si](C)(C)C. The number of hydrogen-bond acceptors (Lipinski definition) is 1. The topological polar surface area (TPSA) is 3.24 Å². The summed E-state index contributed by atoms with van der Waals surface area (Å²) in [6, 6.07) is 0. The monoisotopic (exact) mass is 339 g/mol. The van der Waals surface area contributed by atoms with Gasteiger partial charge in [-0.05, 0) is 45.1 Å². The highest BCUT2D eigenvalue weighted by atomic mass is 28.4. The van der Waals surface area contributed by atoms with Gasteiger partial charge >= 0.3 is 0 Å². The Bertz CT molecular complexity index is 331. The molecule has 0 aromatic heterocycles. The van der Waals surface area contributed by atoms with Gasteiger partial charge in [0.05, 0.1) is 0 Å². The quantitative estimate of drug-likeness (QED) is 0.295. The van der Waals surface area contributed by atoms with Crippen LogP contribution in [0.1, 0.15) is 52.4 Å². The molecule has 3 heteroatoms. The molecule has 0 fully saturated rings. The van der Waals surface area contributed by atoms with Gasteiger partial charge < -0.3 is 4.23 Å². The van der Waals surface area contributed by atoms with E-state index in [0.29, 0.717) is 0 Å². The van der Waals surface area contributed by atoms with E-state index in [2.05, 4.69) is 75.6 Å². The molecule has 0 radical (unpaired) electrons. The minimum absolute atomic E-state index is 1.16. The van der Waals surface area contributed by atoms with Crippen molar-refractivity contribution in [3.63, 3.8) is 0 Å². The van der Waals surface area contributed by atoms with Crippen molar-refractivity contribution >= 4 is 16.5 Å². The van der Waals surface area contributed by atoms with Crippen molar-refractivity contribution in [2.45, 2.75) is 91.7 Å². The smallest absolute Gasteiger partial charge is 0.112 e. The summed E-state index contributed by atoms with van der Waals surface area (Å²) < 4.78 is 2.92. The van der Waals surface area contributed by atoms with Crippen LogP contribution in [-0.2, 0) is 0 Å². The molecule has 0 N–H and O–H groups in total. The fourth-order valence-electron chi connectivity index (χ4n) is 3.31. The standard InChI is InChI=1S/C19H41NSi2/c1-9-11-12-13-16-19(15-10-2)17-14-18-20(21(3,4)5)22(6,7)8/h11-12,15H,9-10,13-14,16-18H2,1-8H3/b12-11-,19-15+. The molecule has 130 valence electrons. The first-order chi connectivity index (χ1) is 10.1. The summed E-state index contributed by atoms with van der Waals surface area (Å²) >= 11 is 0. The number of allylic oxidation sites excluding steroid dienone is 4. The second-order valence-electron chi connectivity index (χ2n) is 8.29. The summed E-state index contributed by atoms with van der Waals surface area (Å²) in [7, 11) is -2.37. The number of hydrogen-bond donors (Lipinski definition) is 0. The maximum Gasteiger partial charge on any atom is 0.112 e. The molecule has 22 heavy (non-hydrogen) atoms. The van der Waals surface area contributed by atoms with Crippen molar-refractivity contribution in [3.8, 4) is 0 Å². The molecular weight excluding hydrogens is 298 g/mol. The molecule has 0 saturated heterocycles. The van der Waals surface area contributed by atoms with Crippen LogP contribution in [0.25, 0.3) is 0 Å². The Labute approximate surface area is 143 Å². The lowest BCUT2D eigenvalue weighted by Gasteiger charge is -2.43. The van der Waals surface area contributed by atoms with Crippen LogP contribution in [0, 0.1) is 0 Å². The number of nitrogens with zero attached hydrogens (tertiary/aromatic N) is 1. The molecule has 0 atom stereocenters. The van der Waals surface area contributed by atoms with Gasteiger partial charge in [-0.1, -0.05) is 76.9 Å². The zero-order valence-electron chi connectivity index (χ0n) is 16.6. The third-order valence-corrected chi connectivity index (χ3v) is 11.7. The fourth-order valence-corrected chi connectivity index (χ4v) is 13.0. The molecule has 0 aliphatic heterocycles. The van der Waals surface area contributed by atoms with E-state index in [1.807, 2.05) is 0 Å². The first kappa shape index (κ1) is 21.9. The van der Waals surface area contributed by atoms with E-state index in [-0.39, 0.29) is 0 Å². The zero-order chi connectivity index (χ0) is 17.2. The van der Waals surface area contributed by atoms with Gasteiger partial charge in [-0.15, -0.1) is 0 Å². The molecule has 0 heterocycles. The van der Waals surface area contributed by atoms with Crippen molar-refractivity contribution in [3.05, 3.63) is 23.8 Å². The van der Waals surface area contributed by atoms with Crippen LogP contribution < -0.4 is 0 Å². The average molecular weight is 340 g/mol. The van der Waals surface area contributed by atoms with E-state index >= 15 is 0 Å². The van der Waals surface area contributed by atoms with E-state index in [0.717, 1.165) is 6.42 Å². The van der Waals surface area contributed by atoms with Crippen molar-refractivity contribution in [1.29, 1.82) is 0 Å². The first-order valence-corrected chi connectivity index (χ1v) is 16.1. The predicted octanol–water partition coefficient (Wildman–Crippen LogP) is 6.82. The van der Waals surface area contributed by atoms with E-state index in [4.69, 9.17) is 0 Å². The van der Waals surface area contributed by atoms with Crippen LogP contribution in [-0.4, -0.2) is 27.2 Å². The Morgan fingerprint density at radius 3 is 1.86 bits per heavy atom. The van der Waals surface area contributed by atoms with Crippen LogP contribution in [0.3, 0.4) is 0 Å². The van der Waals surface area contributed by atoms with Gasteiger partial charge in [0.1, 0.15) is 16.5 Å². The summed E-state index contributed by atoms with van der Waals surface area (Å²) in [6.45, 7) is 20.8. The van der Waals surface area contributed by atoms with Gasteiger partial charge in [-0.25, -0.2) is 0 Å². The molecule has 0 spiro atoms. The molecule has 0 amide bonds. The van der Waals surface area contributed by atoms with Crippen LogP contribution in [0.4, 0.5) is 0 Å². The minimum Gasteiger partial charge on any atom is -0.346 e. The molecule has 0 bridgehead atoms. The highest BCUT2D eigenvalue weighted by Gasteiger charge is 2.33. The third-order valence-electron chi connectivity index (χ3n) is 4.03. The Morgan fingerprint density at radius 2 is 1.41 bits per heavy atom. The Hall–Kier alpha value is -0.126. The predicted molar refractivity (Wildman–Crippen MR) is 110 cm³/mol. The maximum absolute atomic E-state index is 2.92. The molecule has 0 aliphatic rings. The lowest BCUT2D eigenvalue weighted by Crippen LogP contribution is -2.59. The summed E-state index contributed by atoms with van der Waals surface area (Å²) in [6.07, 6.45) is 14.5. The average Bonchev–Trinajstić information content (AvgIpc) is 2.36. The molecular formula is C19H41NSi2. The fraction of sp³-hybridized carbons (Fsp3) is 0.789. The lowest BCUT2D eigenvalue weighted by molar-refractivity contribution is 0.575. The normalized spacial score (nSPS) is 14.3. The Balaban J connectivity index is 4.47. The highest BCUT2D eigenvalue weighted by molar-refractivity contribution is 6.89. The Kier molecular flexibility index (Phi) is 10.6. The van der Waals surface area contributed by atoms with Crippen LogP contribution in [0.2, 0.25) is 39.3 Å². The second-order valence-corrected chi connectivity index (χ2v) is 18.5. The first-order valence-electron chi connectivity index (χ1n) is 9.23. The highest BCUT2D eigenvalue weighted by Crippen LogP contribution is 2.22. The van der Waals surface area contributed by atoms with Crippen LogP contribution >= 0.6 is 0 Å². The van der Waals surface area contributed by atoms with Gasteiger partial charge in [0, 0.05) is 0 Å². The van der Waals surface area contributed by atoms with Crippen molar-refractivity contribution in [2.24, 2.45) is 0 Å². The summed E-state index contributed by atoms with van der Waals surface area (Å²) in [5, 5.41) is 0. The molecule has 0 rings (SSSR count). The summed E-state index contributed by atoms with van der Waals surface area (Å²) in [5.74, 6) is 0. The molecule has 0 aromatic rings. The summed E-state index contributed by atoms with van der Waals surface area (Å²) in [4.78, 5) is 0. The zero-order valence-corrected chi connectivity index (χ0v) is 18.6. The Morgan fingerprint density at radius 1 is 0.818 bits per heavy atom. The molecule has 0 aromatic carbocycles. The van der Waals surface area contributed by atoms with E-state index in [1.54, 1.807) is 5.57 Å². The van der Waals surface area contributed by atoms with Gasteiger partial charge in [0.15, 0.2) is 0 Å². The van der Waals surface area contributed by atoms with Crippen LogP contribution in [0.15, 0.2) is 23.8 Å². The number of rotatable bonds is 11.